The van der Waals surface area contributed by atoms with Crippen molar-refractivity contribution in [3.8, 4) is 0 Å². The van der Waals surface area contributed by atoms with Crippen LogP contribution in [0.1, 0.15) is 26.2 Å². The van der Waals surface area contributed by atoms with E-state index in [1.165, 1.54) is 25.8 Å². The molecule has 0 radical (unpaired) electrons. The highest BCUT2D eigenvalue weighted by molar-refractivity contribution is 4.89. The predicted octanol–water partition coefficient (Wildman–Crippen LogP) is 2.20. The average molecular weight is 153 g/mol. The van der Waals surface area contributed by atoms with Crippen molar-refractivity contribution in [1.29, 1.82) is 0 Å². The van der Waals surface area contributed by atoms with Crippen molar-refractivity contribution >= 4 is 0 Å². The lowest BCUT2D eigenvalue weighted by atomic mass is 9.83. The SMILES string of the molecule is C=CC1CNCCC1CCC. The average Bonchev–Trinajstić information content (AvgIpc) is 2.06. The molecule has 0 amide bonds. The first-order valence-corrected chi connectivity index (χ1v) is 4.71. The van der Waals surface area contributed by atoms with Gasteiger partial charge in [0.25, 0.3) is 0 Å². The van der Waals surface area contributed by atoms with Gasteiger partial charge in [-0.05, 0) is 24.8 Å². The monoisotopic (exact) mass is 153 g/mol. The van der Waals surface area contributed by atoms with Gasteiger partial charge in [0.1, 0.15) is 0 Å². The number of hydrogen-bond acceptors (Lipinski definition) is 1. The highest BCUT2D eigenvalue weighted by Crippen LogP contribution is 2.24. The molecule has 0 saturated carbocycles. The van der Waals surface area contributed by atoms with E-state index in [4.69, 9.17) is 0 Å². The summed E-state index contributed by atoms with van der Waals surface area (Å²) >= 11 is 0. The van der Waals surface area contributed by atoms with E-state index in [0.717, 1.165) is 18.4 Å². The summed E-state index contributed by atoms with van der Waals surface area (Å²) < 4.78 is 0. The van der Waals surface area contributed by atoms with Gasteiger partial charge in [-0.25, -0.2) is 0 Å². The molecule has 1 N–H and O–H groups in total. The Morgan fingerprint density at radius 2 is 2.45 bits per heavy atom. The van der Waals surface area contributed by atoms with Crippen molar-refractivity contribution in [3.05, 3.63) is 12.7 Å². The minimum atomic E-state index is 0.726. The van der Waals surface area contributed by atoms with E-state index in [9.17, 15) is 0 Å². The summed E-state index contributed by atoms with van der Waals surface area (Å²) in [5, 5.41) is 3.40. The second kappa shape index (κ2) is 4.55. The lowest BCUT2D eigenvalue weighted by molar-refractivity contribution is 0.283. The van der Waals surface area contributed by atoms with Crippen molar-refractivity contribution in [2.75, 3.05) is 13.1 Å². The van der Waals surface area contributed by atoms with Gasteiger partial charge in [-0.3, -0.25) is 0 Å². The molecule has 1 rings (SSSR count). The summed E-state index contributed by atoms with van der Waals surface area (Å²) in [6.45, 7) is 8.49. The fraction of sp³-hybridized carbons (Fsp3) is 0.800. The maximum atomic E-state index is 3.88. The molecular weight excluding hydrogens is 134 g/mol. The topological polar surface area (TPSA) is 12.0 Å². The zero-order valence-corrected chi connectivity index (χ0v) is 7.47. The van der Waals surface area contributed by atoms with E-state index in [1.54, 1.807) is 0 Å². The van der Waals surface area contributed by atoms with Crippen LogP contribution in [0.2, 0.25) is 0 Å². The van der Waals surface area contributed by atoms with Crippen LogP contribution in [0.5, 0.6) is 0 Å². The molecule has 0 spiro atoms. The van der Waals surface area contributed by atoms with Crippen LogP contribution in [0.25, 0.3) is 0 Å². The van der Waals surface area contributed by atoms with E-state index < -0.39 is 0 Å². The summed E-state index contributed by atoms with van der Waals surface area (Å²) in [7, 11) is 0. The van der Waals surface area contributed by atoms with E-state index in [1.807, 2.05) is 0 Å². The van der Waals surface area contributed by atoms with Crippen molar-refractivity contribution in [2.24, 2.45) is 11.8 Å². The Kier molecular flexibility index (Phi) is 3.64. The van der Waals surface area contributed by atoms with E-state index in [0.29, 0.717) is 0 Å². The molecule has 1 fully saturated rings. The third kappa shape index (κ3) is 2.33. The van der Waals surface area contributed by atoms with Crippen LogP contribution in [0.3, 0.4) is 0 Å². The van der Waals surface area contributed by atoms with E-state index in [2.05, 4.69) is 24.9 Å². The van der Waals surface area contributed by atoms with Crippen molar-refractivity contribution in [2.45, 2.75) is 26.2 Å². The highest BCUT2D eigenvalue weighted by Gasteiger charge is 2.20. The van der Waals surface area contributed by atoms with E-state index in [-0.39, 0.29) is 0 Å². The molecule has 0 aromatic carbocycles. The molecule has 1 heterocycles. The van der Waals surface area contributed by atoms with Gasteiger partial charge in [0.05, 0.1) is 0 Å². The summed E-state index contributed by atoms with van der Waals surface area (Å²) in [5.41, 5.74) is 0. The molecule has 1 nitrogen and oxygen atoms in total. The van der Waals surface area contributed by atoms with Crippen molar-refractivity contribution in [1.82, 2.24) is 5.32 Å². The maximum Gasteiger partial charge on any atom is 0.00167 e. The molecule has 0 aromatic rings. The Labute approximate surface area is 69.9 Å². The number of hydrogen-bond donors (Lipinski definition) is 1. The second-order valence-electron chi connectivity index (χ2n) is 3.44. The van der Waals surface area contributed by atoms with Crippen molar-refractivity contribution in [3.63, 3.8) is 0 Å². The van der Waals surface area contributed by atoms with Crippen LogP contribution in [0, 0.1) is 11.8 Å². The van der Waals surface area contributed by atoms with Gasteiger partial charge >= 0.3 is 0 Å². The highest BCUT2D eigenvalue weighted by atomic mass is 14.9. The Balaban J connectivity index is 2.37. The number of nitrogens with one attached hydrogen (secondary N) is 1. The molecular formula is C10H19N. The normalized spacial score (nSPS) is 31.7. The van der Waals surface area contributed by atoms with E-state index >= 15 is 0 Å². The van der Waals surface area contributed by atoms with Crippen LogP contribution in [-0.2, 0) is 0 Å². The minimum absolute atomic E-state index is 0.726. The molecule has 2 unspecified atom stereocenters. The molecule has 0 aliphatic carbocycles. The zero-order valence-electron chi connectivity index (χ0n) is 7.47. The Morgan fingerprint density at radius 1 is 1.64 bits per heavy atom. The van der Waals surface area contributed by atoms with Crippen LogP contribution < -0.4 is 5.32 Å². The molecule has 0 aromatic heterocycles. The molecule has 1 aliphatic rings. The maximum absolute atomic E-state index is 3.88. The smallest absolute Gasteiger partial charge is 0.00167 e. The van der Waals surface area contributed by atoms with Gasteiger partial charge in [0, 0.05) is 6.54 Å². The van der Waals surface area contributed by atoms with Gasteiger partial charge in [-0.1, -0.05) is 25.8 Å². The third-order valence-electron chi connectivity index (χ3n) is 2.64. The fourth-order valence-electron chi connectivity index (χ4n) is 1.94. The third-order valence-corrected chi connectivity index (χ3v) is 2.64. The predicted molar refractivity (Wildman–Crippen MR) is 49.6 cm³/mol. The first kappa shape index (κ1) is 8.79. The Morgan fingerprint density at radius 3 is 3.09 bits per heavy atom. The van der Waals surface area contributed by atoms with Gasteiger partial charge in [0.15, 0.2) is 0 Å². The van der Waals surface area contributed by atoms with Crippen LogP contribution in [0.15, 0.2) is 12.7 Å². The van der Waals surface area contributed by atoms with Crippen LogP contribution in [0.4, 0.5) is 0 Å². The quantitative estimate of drug-likeness (QED) is 0.613. The first-order valence-electron chi connectivity index (χ1n) is 4.71. The van der Waals surface area contributed by atoms with Crippen LogP contribution in [-0.4, -0.2) is 13.1 Å². The summed E-state index contributed by atoms with van der Waals surface area (Å²) in [5.74, 6) is 1.63. The molecule has 64 valence electrons. The summed E-state index contributed by atoms with van der Waals surface area (Å²) in [6.07, 6.45) is 6.14. The minimum Gasteiger partial charge on any atom is -0.316 e. The van der Waals surface area contributed by atoms with Crippen LogP contribution >= 0.6 is 0 Å². The zero-order chi connectivity index (χ0) is 8.10. The molecule has 1 heteroatoms. The van der Waals surface area contributed by atoms with Crippen molar-refractivity contribution < 1.29 is 0 Å². The van der Waals surface area contributed by atoms with Gasteiger partial charge in [0.2, 0.25) is 0 Å². The van der Waals surface area contributed by atoms with Gasteiger partial charge in [-0.15, -0.1) is 6.58 Å². The largest absolute Gasteiger partial charge is 0.316 e. The Hall–Kier alpha value is -0.300. The van der Waals surface area contributed by atoms with Gasteiger partial charge < -0.3 is 5.32 Å². The lowest BCUT2D eigenvalue weighted by Crippen LogP contribution is -2.35. The molecule has 11 heavy (non-hydrogen) atoms. The number of piperidine rings is 1. The standard InChI is InChI=1S/C10H19N/c1-3-5-10-6-7-11-8-9(10)4-2/h4,9-11H,2-3,5-8H2,1H3. The lowest BCUT2D eigenvalue weighted by Gasteiger charge is -2.29. The fourth-order valence-corrected chi connectivity index (χ4v) is 1.94. The first-order chi connectivity index (χ1) is 5.38. The second-order valence-corrected chi connectivity index (χ2v) is 3.44. The number of rotatable bonds is 3. The summed E-state index contributed by atoms with van der Waals surface area (Å²) in [6, 6.07) is 0. The van der Waals surface area contributed by atoms with Gasteiger partial charge in [-0.2, -0.15) is 0 Å². The molecule has 1 saturated heterocycles. The molecule has 1 aliphatic heterocycles. The summed E-state index contributed by atoms with van der Waals surface area (Å²) in [4.78, 5) is 0. The molecule has 2 atom stereocenters. The Bertz CT molecular complexity index is 118. The molecule has 0 bridgehead atoms.